The monoisotopic (exact) mass is 226 g/mol. The predicted octanol–water partition coefficient (Wildman–Crippen LogP) is 0.255. The van der Waals surface area contributed by atoms with Crippen molar-refractivity contribution in [1.29, 1.82) is 0 Å². The highest BCUT2D eigenvalue weighted by atomic mass is 16.3. The van der Waals surface area contributed by atoms with Gasteiger partial charge in [0.05, 0.1) is 6.54 Å². The summed E-state index contributed by atoms with van der Waals surface area (Å²) in [7, 11) is 1.88. The number of hydrazine groups is 1. The normalized spacial score (nSPS) is 10.9. The summed E-state index contributed by atoms with van der Waals surface area (Å²) in [4.78, 5) is 0. The molecule has 0 unspecified atom stereocenters. The van der Waals surface area contributed by atoms with Gasteiger partial charge >= 0.3 is 0 Å². The first kappa shape index (κ1) is 12.8. The zero-order valence-electron chi connectivity index (χ0n) is 9.35. The molecule has 0 heterocycles. The van der Waals surface area contributed by atoms with E-state index in [9.17, 15) is 5.11 Å². The first-order chi connectivity index (χ1) is 7.63. The molecule has 1 rings (SSSR count). The van der Waals surface area contributed by atoms with Crippen molar-refractivity contribution in [3.8, 4) is 11.5 Å². The number of aliphatic hydroxyl groups excluding tert-OH is 1. The van der Waals surface area contributed by atoms with Crippen LogP contribution in [-0.4, -0.2) is 35.5 Å². The van der Waals surface area contributed by atoms with Crippen LogP contribution in [0.15, 0.2) is 18.2 Å². The van der Waals surface area contributed by atoms with Crippen molar-refractivity contribution >= 4 is 0 Å². The lowest BCUT2D eigenvalue weighted by molar-refractivity contribution is 0.268. The minimum absolute atomic E-state index is 0.110. The van der Waals surface area contributed by atoms with Gasteiger partial charge in [0.2, 0.25) is 0 Å². The summed E-state index contributed by atoms with van der Waals surface area (Å²) >= 11 is 0. The Bertz CT molecular complexity index is 331. The molecule has 5 nitrogen and oxygen atoms in total. The number of aliphatic hydroxyl groups is 1. The maximum absolute atomic E-state index is 9.31. The van der Waals surface area contributed by atoms with Crippen LogP contribution in [-0.2, 0) is 6.54 Å². The SMILES string of the molecule is C[N+](Cc1ccc(O)c(O)c1)NCCCO. The van der Waals surface area contributed by atoms with Gasteiger partial charge in [-0.1, -0.05) is 5.01 Å². The second kappa shape index (κ2) is 6.32. The van der Waals surface area contributed by atoms with Crippen molar-refractivity contribution in [3.63, 3.8) is 0 Å². The quantitative estimate of drug-likeness (QED) is 0.243. The highest BCUT2D eigenvalue weighted by Gasteiger charge is 2.10. The maximum Gasteiger partial charge on any atom is 0.169 e. The average molecular weight is 226 g/mol. The summed E-state index contributed by atoms with van der Waals surface area (Å²) in [5.74, 6) is -0.221. The fourth-order valence-electron chi connectivity index (χ4n) is 1.35. The Morgan fingerprint density at radius 1 is 1.25 bits per heavy atom. The summed E-state index contributed by atoms with van der Waals surface area (Å²) in [5, 5.41) is 28.9. The molecule has 0 aliphatic rings. The molecular formula is C11H18N2O3+. The lowest BCUT2D eigenvalue weighted by Gasteiger charge is -2.07. The predicted molar refractivity (Wildman–Crippen MR) is 61.2 cm³/mol. The zero-order valence-corrected chi connectivity index (χ0v) is 9.35. The lowest BCUT2D eigenvalue weighted by Crippen LogP contribution is -2.40. The van der Waals surface area contributed by atoms with Crippen LogP contribution in [0.4, 0.5) is 0 Å². The van der Waals surface area contributed by atoms with Gasteiger partial charge in [-0.3, -0.25) is 0 Å². The van der Waals surface area contributed by atoms with Crippen LogP contribution in [0.1, 0.15) is 12.0 Å². The molecule has 0 atom stereocenters. The number of phenolic OH excluding ortho intramolecular Hbond substituents is 2. The standard InChI is InChI=1S/C11H18N2O3/c1-13(12-5-2-6-14)8-9-3-4-10(15)11(16)7-9/h3-4,7,12,14-16H,2,5-6,8H2,1H3/q+1. The molecule has 0 spiro atoms. The summed E-state index contributed by atoms with van der Waals surface area (Å²) < 4.78 is 0. The lowest BCUT2D eigenvalue weighted by atomic mass is 10.2. The van der Waals surface area contributed by atoms with Crippen LogP contribution >= 0.6 is 0 Å². The third-order valence-electron chi connectivity index (χ3n) is 2.18. The van der Waals surface area contributed by atoms with Gasteiger partial charge in [-0.15, -0.1) is 5.43 Å². The smallest absolute Gasteiger partial charge is 0.169 e. The highest BCUT2D eigenvalue weighted by Crippen LogP contribution is 2.24. The van der Waals surface area contributed by atoms with Gasteiger partial charge in [0, 0.05) is 12.2 Å². The fraction of sp³-hybridized carbons (Fsp3) is 0.455. The van der Waals surface area contributed by atoms with E-state index in [-0.39, 0.29) is 18.1 Å². The van der Waals surface area contributed by atoms with Crippen LogP contribution in [0, 0.1) is 0 Å². The molecule has 16 heavy (non-hydrogen) atoms. The van der Waals surface area contributed by atoms with Crippen molar-refractivity contribution in [2.75, 3.05) is 20.2 Å². The molecule has 1 radical (unpaired) electrons. The van der Waals surface area contributed by atoms with E-state index in [4.69, 9.17) is 10.2 Å². The van der Waals surface area contributed by atoms with E-state index < -0.39 is 0 Å². The van der Waals surface area contributed by atoms with Crippen LogP contribution in [0.5, 0.6) is 11.5 Å². The summed E-state index contributed by atoms with van der Waals surface area (Å²) in [6.07, 6.45) is 0.700. The molecular weight excluding hydrogens is 208 g/mol. The van der Waals surface area contributed by atoms with Gasteiger partial charge in [0.15, 0.2) is 18.0 Å². The van der Waals surface area contributed by atoms with E-state index in [0.29, 0.717) is 19.5 Å². The molecule has 0 aromatic heterocycles. The van der Waals surface area contributed by atoms with E-state index in [1.165, 1.54) is 12.1 Å². The van der Waals surface area contributed by atoms with Gasteiger partial charge in [-0.2, -0.15) is 0 Å². The number of hydrogen-bond acceptors (Lipinski definition) is 5. The second-order valence-electron chi connectivity index (χ2n) is 3.66. The Balaban J connectivity index is 2.43. The minimum Gasteiger partial charge on any atom is -0.504 e. The Morgan fingerprint density at radius 3 is 2.62 bits per heavy atom. The third kappa shape index (κ3) is 4.06. The molecule has 4 N–H and O–H groups in total. The van der Waals surface area contributed by atoms with E-state index >= 15 is 0 Å². The fourth-order valence-corrected chi connectivity index (χ4v) is 1.35. The first-order valence-corrected chi connectivity index (χ1v) is 5.20. The topological polar surface area (TPSA) is 78.6 Å². The molecule has 1 aromatic carbocycles. The third-order valence-corrected chi connectivity index (χ3v) is 2.18. The summed E-state index contributed by atoms with van der Waals surface area (Å²) in [6.45, 7) is 1.48. The van der Waals surface area contributed by atoms with Crippen molar-refractivity contribution in [2.24, 2.45) is 0 Å². The second-order valence-corrected chi connectivity index (χ2v) is 3.66. The molecule has 0 fully saturated rings. The van der Waals surface area contributed by atoms with Crippen molar-refractivity contribution in [2.45, 2.75) is 13.0 Å². The number of aromatic hydroxyl groups is 2. The maximum atomic E-state index is 9.31. The Hall–Kier alpha value is -1.30. The number of nitrogens with zero attached hydrogens (tertiary/aromatic N) is 1. The molecule has 89 valence electrons. The molecule has 0 aliphatic heterocycles. The minimum atomic E-state index is -0.111. The molecule has 1 aromatic rings. The average Bonchev–Trinajstić information content (AvgIpc) is 2.24. The summed E-state index contributed by atoms with van der Waals surface area (Å²) in [5.41, 5.74) is 3.99. The molecule has 5 heteroatoms. The number of hydrogen-bond donors (Lipinski definition) is 4. The van der Waals surface area contributed by atoms with E-state index in [0.717, 1.165) is 5.56 Å². The van der Waals surface area contributed by atoms with E-state index in [1.807, 2.05) is 12.1 Å². The number of benzene rings is 1. The molecule has 0 amide bonds. The van der Waals surface area contributed by atoms with Gasteiger partial charge in [-0.25, -0.2) is 0 Å². The van der Waals surface area contributed by atoms with Crippen molar-refractivity contribution in [3.05, 3.63) is 23.8 Å². The van der Waals surface area contributed by atoms with Crippen LogP contribution in [0.2, 0.25) is 0 Å². The van der Waals surface area contributed by atoms with Gasteiger partial charge in [0.25, 0.3) is 0 Å². The van der Waals surface area contributed by atoms with Crippen molar-refractivity contribution < 1.29 is 15.3 Å². The Labute approximate surface area is 94.9 Å². The molecule has 0 saturated heterocycles. The largest absolute Gasteiger partial charge is 0.504 e. The Morgan fingerprint density at radius 2 is 2.00 bits per heavy atom. The van der Waals surface area contributed by atoms with E-state index in [2.05, 4.69) is 5.43 Å². The number of nitrogens with one attached hydrogen (secondary N) is 1. The highest BCUT2D eigenvalue weighted by molar-refractivity contribution is 5.40. The van der Waals surface area contributed by atoms with E-state index in [1.54, 1.807) is 6.07 Å². The number of rotatable bonds is 6. The Kier molecular flexibility index (Phi) is 5.04. The van der Waals surface area contributed by atoms with Gasteiger partial charge < -0.3 is 15.3 Å². The molecule has 0 saturated carbocycles. The zero-order chi connectivity index (χ0) is 12.0. The van der Waals surface area contributed by atoms with Gasteiger partial charge in [0.1, 0.15) is 7.05 Å². The van der Waals surface area contributed by atoms with Crippen LogP contribution in [0.3, 0.4) is 0 Å². The van der Waals surface area contributed by atoms with Crippen LogP contribution in [0.25, 0.3) is 0 Å². The van der Waals surface area contributed by atoms with Crippen molar-refractivity contribution in [1.82, 2.24) is 10.4 Å². The number of phenols is 2. The molecule has 0 bridgehead atoms. The first-order valence-electron chi connectivity index (χ1n) is 5.20. The summed E-state index contributed by atoms with van der Waals surface area (Å²) in [6, 6.07) is 4.74. The van der Waals surface area contributed by atoms with Crippen LogP contribution < -0.4 is 10.4 Å². The molecule has 0 aliphatic carbocycles. The van der Waals surface area contributed by atoms with Gasteiger partial charge in [-0.05, 0) is 24.6 Å².